The first-order valence-corrected chi connectivity index (χ1v) is 6.62. The van der Waals surface area contributed by atoms with Gasteiger partial charge in [0, 0.05) is 5.54 Å². The molecule has 3 nitrogen and oxygen atoms in total. The van der Waals surface area contributed by atoms with Crippen molar-refractivity contribution in [2.45, 2.75) is 44.6 Å². The third kappa shape index (κ3) is 0.894. The molecule has 2 amide bonds. The Hall–Kier alpha value is -0.730. The van der Waals surface area contributed by atoms with Crippen molar-refractivity contribution in [1.82, 2.24) is 5.32 Å². The molecule has 6 atom stereocenters. The summed E-state index contributed by atoms with van der Waals surface area (Å²) < 4.78 is 0. The van der Waals surface area contributed by atoms with Gasteiger partial charge in [0.2, 0.25) is 0 Å². The van der Waals surface area contributed by atoms with E-state index in [9.17, 15) is 4.79 Å². The average molecular weight is 220 g/mol. The van der Waals surface area contributed by atoms with E-state index in [-0.39, 0.29) is 11.6 Å². The summed E-state index contributed by atoms with van der Waals surface area (Å²) in [5.74, 6) is 3.62. The Bertz CT molecular complexity index is 382. The zero-order valence-corrected chi connectivity index (χ0v) is 9.83. The standard InChI is InChI=1S/C13H20N2O/c1-7-10-9-2-8-3-12(5-9,15-11(14)16)6-13(7,10)4-8/h7-10H,2-6H2,1H3,(H3,14,15,16)/t7?,8?,9?,10-,12-,13?/m0/s1. The summed E-state index contributed by atoms with van der Waals surface area (Å²) in [7, 11) is 0. The molecule has 3 N–H and O–H groups in total. The smallest absolute Gasteiger partial charge is 0.312 e. The summed E-state index contributed by atoms with van der Waals surface area (Å²) in [6.07, 6.45) is 6.44. The number of nitrogens with two attached hydrogens (primary N) is 1. The number of hydrogen-bond acceptors (Lipinski definition) is 1. The van der Waals surface area contributed by atoms with Gasteiger partial charge in [-0.15, -0.1) is 0 Å². The molecule has 5 fully saturated rings. The molecule has 4 bridgehead atoms. The van der Waals surface area contributed by atoms with Gasteiger partial charge in [-0.25, -0.2) is 4.79 Å². The fraction of sp³-hybridized carbons (Fsp3) is 0.923. The third-order valence-corrected chi connectivity index (χ3v) is 6.20. The molecule has 0 aliphatic heterocycles. The van der Waals surface area contributed by atoms with E-state index in [1.807, 2.05) is 0 Å². The topological polar surface area (TPSA) is 55.1 Å². The minimum absolute atomic E-state index is 0.0823. The largest absolute Gasteiger partial charge is 0.352 e. The lowest BCUT2D eigenvalue weighted by Gasteiger charge is -2.56. The minimum atomic E-state index is -0.316. The summed E-state index contributed by atoms with van der Waals surface area (Å²) in [4.78, 5) is 11.2. The van der Waals surface area contributed by atoms with Crippen LogP contribution in [0.25, 0.3) is 0 Å². The van der Waals surface area contributed by atoms with Crippen molar-refractivity contribution in [2.24, 2.45) is 34.8 Å². The van der Waals surface area contributed by atoms with Gasteiger partial charge in [-0.05, 0) is 61.2 Å². The van der Waals surface area contributed by atoms with Crippen LogP contribution in [0.4, 0.5) is 4.79 Å². The SMILES string of the molecule is CC1[C@H]2C3CC4CC12C[C@](NC(N)=O)(C4)C3. The Labute approximate surface area is 96.1 Å². The fourth-order valence-electron chi connectivity index (χ4n) is 6.17. The molecule has 0 radical (unpaired) electrons. The van der Waals surface area contributed by atoms with E-state index in [1.54, 1.807) is 0 Å². The van der Waals surface area contributed by atoms with Crippen LogP contribution in [0.3, 0.4) is 0 Å². The molecule has 5 rings (SSSR count). The van der Waals surface area contributed by atoms with Crippen LogP contribution in [0.1, 0.15) is 39.0 Å². The number of carbonyl (C=O) groups excluding carboxylic acids is 1. The Balaban J connectivity index is 1.71. The third-order valence-electron chi connectivity index (χ3n) is 6.20. The molecule has 3 heteroatoms. The number of carbonyl (C=O) groups is 1. The monoisotopic (exact) mass is 220 g/mol. The van der Waals surface area contributed by atoms with Gasteiger partial charge >= 0.3 is 6.03 Å². The van der Waals surface area contributed by atoms with Crippen molar-refractivity contribution >= 4 is 6.03 Å². The molecule has 0 aromatic carbocycles. The van der Waals surface area contributed by atoms with E-state index in [0.29, 0.717) is 5.41 Å². The van der Waals surface area contributed by atoms with Gasteiger partial charge in [-0.1, -0.05) is 6.92 Å². The van der Waals surface area contributed by atoms with E-state index in [0.717, 1.165) is 23.7 Å². The Kier molecular flexibility index (Phi) is 1.40. The lowest BCUT2D eigenvalue weighted by Crippen LogP contribution is -2.61. The predicted molar refractivity (Wildman–Crippen MR) is 60.6 cm³/mol. The second-order valence-electron chi connectivity index (χ2n) is 6.97. The van der Waals surface area contributed by atoms with E-state index >= 15 is 0 Å². The predicted octanol–water partition coefficient (Wildman–Crippen LogP) is 1.87. The highest BCUT2D eigenvalue weighted by molar-refractivity contribution is 5.72. The van der Waals surface area contributed by atoms with Gasteiger partial charge in [0.15, 0.2) is 0 Å². The second-order valence-corrected chi connectivity index (χ2v) is 6.97. The Morgan fingerprint density at radius 1 is 1.38 bits per heavy atom. The molecule has 4 unspecified atom stereocenters. The molecule has 5 saturated carbocycles. The van der Waals surface area contributed by atoms with E-state index in [4.69, 9.17) is 5.73 Å². The molecule has 5 aliphatic rings. The van der Waals surface area contributed by atoms with Crippen LogP contribution >= 0.6 is 0 Å². The molecule has 0 aromatic rings. The van der Waals surface area contributed by atoms with Crippen LogP contribution in [0, 0.1) is 29.1 Å². The number of urea groups is 1. The van der Waals surface area contributed by atoms with Crippen LogP contribution in [0.15, 0.2) is 0 Å². The Morgan fingerprint density at radius 3 is 2.88 bits per heavy atom. The van der Waals surface area contributed by atoms with Crippen LogP contribution in [0.5, 0.6) is 0 Å². The van der Waals surface area contributed by atoms with Gasteiger partial charge in [-0.3, -0.25) is 0 Å². The Morgan fingerprint density at radius 2 is 2.19 bits per heavy atom. The molecule has 0 saturated heterocycles. The van der Waals surface area contributed by atoms with Crippen LogP contribution < -0.4 is 11.1 Å². The summed E-state index contributed by atoms with van der Waals surface area (Å²) in [6.45, 7) is 2.42. The first kappa shape index (κ1) is 9.32. The van der Waals surface area contributed by atoms with E-state index in [2.05, 4.69) is 12.2 Å². The summed E-state index contributed by atoms with van der Waals surface area (Å²) in [6, 6.07) is -0.316. The number of nitrogens with one attached hydrogen (secondary N) is 1. The van der Waals surface area contributed by atoms with Crippen molar-refractivity contribution in [1.29, 1.82) is 0 Å². The van der Waals surface area contributed by atoms with Gasteiger partial charge < -0.3 is 11.1 Å². The maximum atomic E-state index is 11.2. The van der Waals surface area contributed by atoms with Crippen molar-refractivity contribution in [2.75, 3.05) is 0 Å². The fourth-order valence-corrected chi connectivity index (χ4v) is 6.17. The molecule has 5 aliphatic carbocycles. The van der Waals surface area contributed by atoms with E-state index < -0.39 is 0 Å². The molecule has 1 spiro atoms. The normalized spacial score (nSPS) is 60.6. The maximum Gasteiger partial charge on any atom is 0.312 e. The molecule has 0 heterocycles. The van der Waals surface area contributed by atoms with Crippen molar-refractivity contribution < 1.29 is 4.79 Å². The number of amides is 2. The van der Waals surface area contributed by atoms with Crippen molar-refractivity contribution in [3.8, 4) is 0 Å². The summed E-state index contributed by atoms with van der Waals surface area (Å²) in [5, 5.41) is 3.10. The van der Waals surface area contributed by atoms with Crippen LogP contribution in [-0.4, -0.2) is 11.6 Å². The maximum absolute atomic E-state index is 11.2. The molecular weight excluding hydrogens is 200 g/mol. The average Bonchev–Trinajstić information content (AvgIpc) is 2.66. The zero-order chi connectivity index (χ0) is 11.1. The van der Waals surface area contributed by atoms with Gasteiger partial charge in [0.1, 0.15) is 0 Å². The summed E-state index contributed by atoms with van der Waals surface area (Å²) >= 11 is 0. The second kappa shape index (κ2) is 2.41. The quantitative estimate of drug-likeness (QED) is 0.696. The van der Waals surface area contributed by atoms with Crippen molar-refractivity contribution in [3.05, 3.63) is 0 Å². The number of primary amides is 1. The molecule has 0 aromatic heterocycles. The number of hydrogen-bond donors (Lipinski definition) is 2. The van der Waals surface area contributed by atoms with Gasteiger partial charge in [0.05, 0.1) is 0 Å². The highest BCUT2D eigenvalue weighted by Crippen LogP contribution is 2.79. The highest BCUT2D eigenvalue weighted by Gasteiger charge is 2.74. The first-order chi connectivity index (χ1) is 7.55. The zero-order valence-electron chi connectivity index (χ0n) is 9.83. The lowest BCUT2D eigenvalue weighted by atomic mass is 9.52. The number of rotatable bonds is 1. The van der Waals surface area contributed by atoms with Gasteiger partial charge in [0.25, 0.3) is 0 Å². The van der Waals surface area contributed by atoms with Crippen LogP contribution in [0.2, 0.25) is 0 Å². The van der Waals surface area contributed by atoms with E-state index in [1.165, 1.54) is 32.1 Å². The lowest BCUT2D eigenvalue weighted by molar-refractivity contribution is -0.0209. The van der Waals surface area contributed by atoms with Gasteiger partial charge in [-0.2, -0.15) is 0 Å². The minimum Gasteiger partial charge on any atom is -0.352 e. The molecular formula is C13H20N2O. The first-order valence-electron chi connectivity index (χ1n) is 6.62. The summed E-state index contributed by atoms with van der Waals surface area (Å²) in [5.41, 5.74) is 6.04. The molecule has 88 valence electrons. The van der Waals surface area contributed by atoms with Crippen LogP contribution in [-0.2, 0) is 0 Å². The van der Waals surface area contributed by atoms with Crippen molar-refractivity contribution in [3.63, 3.8) is 0 Å². The highest BCUT2D eigenvalue weighted by atomic mass is 16.2. The molecule has 16 heavy (non-hydrogen) atoms.